The van der Waals surface area contributed by atoms with Crippen LogP contribution in [0.5, 0.6) is 17.4 Å². The first-order chi connectivity index (χ1) is 14.9. The lowest BCUT2D eigenvalue weighted by molar-refractivity contribution is 0.114. The summed E-state index contributed by atoms with van der Waals surface area (Å²) in [6.45, 7) is 8.28. The molecule has 166 valence electrons. The maximum Gasteiger partial charge on any atom is 0.222 e. The zero-order chi connectivity index (χ0) is 22.4. The van der Waals surface area contributed by atoms with E-state index in [0.29, 0.717) is 24.9 Å². The Bertz CT molecular complexity index is 940. The molecule has 0 saturated heterocycles. The number of nitrogens with zero attached hydrogens (tertiary/aromatic N) is 3. The highest BCUT2D eigenvalue weighted by atomic mass is 16.5. The number of aliphatic hydroxyl groups is 1. The smallest absolute Gasteiger partial charge is 0.222 e. The number of methoxy groups -OCH3 is 1. The Morgan fingerprint density at radius 1 is 0.968 bits per heavy atom. The first kappa shape index (κ1) is 22.8. The van der Waals surface area contributed by atoms with Gasteiger partial charge in [-0.1, -0.05) is 44.2 Å². The number of benzene rings is 2. The standard InChI is InChI=1S/C25H33N3O3/c1-18(2)15-28(16-19(3)29)17-23-24(20-9-7-6-8-10-20)26-27(4)25(23)31-22-13-11-21(30-5)12-14-22/h6-14,18-19,29H,15-17H2,1-5H3/t19-/m1/s1. The lowest BCUT2D eigenvalue weighted by Gasteiger charge is -2.26. The van der Waals surface area contributed by atoms with Crippen LogP contribution >= 0.6 is 0 Å². The van der Waals surface area contributed by atoms with Crippen LogP contribution in [0.25, 0.3) is 11.3 Å². The van der Waals surface area contributed by atoms with Gasteiger partial charge in [0.1, 0.15) is 17.2 Å². The fourth-order valence-corrected chi connectivity index (χ4v) is 3.72. The molecule has 1 N–H and O–H groups in total. The number of hydrogen-bond acceptors (Lipinski definition) is 5. The van der Waals surface area contributed by atoms with Gasteiger partial charge in [0.2, 0.25) is 5.88 Å². The van der Waals surface area contributed by atoms with Gasteiger partial charge in [0.05, 0.1) is 18.8 Å². The largest absolute Gasteiger partial charge is 0.497 e. The van der Waals surface area contributed by atoms with Crippen molar-refractivity contribution in [2.75, 3.05) is 20.2 Å². The fraction of sp³-hybridized carbons (Fsp3) is 0.400. The third-order valence-corrected chi connectivity index (χ3v) is 4.94. The van der Waals surface area contributed by atoms with Gasteiger partial charge < -0.3 is 14.6 Å². The van der Waals surface area contributed by atoms with Crippen LogP contribution in [0.4, 0.5) is 0 Å². The predicted molar refractivity (Wildman–Crippen MR) is 124 cm³/mol. The molecule has 0 aliphatic heterocycles. The molecule has 0 fully saturated rings. The van der Waals surface area contributed by atoms with Gasteiger partial charge in [-0.15, -0.1) is 0 Å². The van der Waals surface area contributed by atoms with Crippen molar-refractivity contribution in [3.63, 3.8) is 0 Å². The molecule has 3 rings (SSSR count). The zero-order valence-electron chi connectivity index (χ0n) is 19.1. The molecule has 0 bridgehead atoms. The summed E-state index contributed by atoms with van der Waals surface area (Å²) in [7, 11) is 3.54. The summed E-state index contributed by atoms with van der Waals surface area (Å²) in [4.78, 5) is 2.26. The Hall–Kier alpha value is -2.83. The third-order valence-electron chi connectivity index (χ3n) is 4.94. The molecule has 2 aromatic carbocycles. The lowest BCUT2D eigenvalue weighted by Crippen LogP contribution is -2.33. The maximum atomic E-state index is 10.1. The molecule has 1 heterocycles. The summed E-state index contributed by atoms with van der Waals surface area (Å²) in [6, 6.07) is 17.7. The van der Waals surface area contributed by atoms with Crippen molar-refractivity contribution in [2.45, 2.75) is 33.4 Å². The number of aryl methyl sites for hydroxylation is 1. The Kier molecular flexibility index (Phi) is 7.71. The topological polar surface area (TPSA) is 59.8 Å². The first-order valence-corrected chi connectivity index (χ1v) is 10.7. The minimum atomic E-state index is -0.415. The summed E-state index contributed by atoms with van der Waals surface area (Å²) < 4.78 is 13.3. The SMILES string of the molecule is COc1ccc(Oc2c(CN(CC(C)C)C[C@@H](C)O)c(-c3ccccc3)nn2C)cc1. The Balaban J connectivity index is 2.01. The molecule has 6 nitrogen and oxygen atoms in total. The molecular formula is C25H33N3O3. The van der Waals surface area contributed by atoms with E-state index in [4.69, 9.17) is 14.6 Å². The Labute approximate surface area is 185 Å². The summed E-state index contributed by atoms with van der Waals surface area (Å²) in [5, 5.41) is 14.9. The first-order valence-electron chi connectivity index (χ1n) is 10.7. The molecule has 0 saturated carbocycles. The zero-order valence-corrected chi connectivity index (χ0v) is 19.1. The van der Waals surface area contributed by atoms with E-state index in [9.17, 15) is 5.11 Å². The van der Waals surface area contributed by atoms with E-state index < -0.39 is 6.10 Å². The Morgan fingerprint density at radius 3 is 2.19 bits per heavy atom. The van der Waals surface area contributed by atoms with Crippen LogP contribution < -0.4 is 9.47 Å². The lowest BCUT2D eigenvalue weighted by atomic mass is 10.1. The van der Waals surface area contributed by atoms with E-state index in [2.05, 4.69) is 30.9 Å². The van der Waals surface area contributed by atoms with Crippen molar-refractivity contribution in [1.82, 2.24) is 14.7 Å². The number of aromatic nitrogens is 2. The third kappa shape index (κ3) is 6.09. The van der Waals surface area contributed by atoms with E-state index >= 15 is 0 Å². The van der Waals surface area contributed by atoms with Gasteiger partial charge >= 0.3 is 0 Å². The van der Waals surface area contributed by atoms with E-state index in [-0.39, 0.29) is 0 Å². The van der Waals surface area contributed by atoms with Crippen molar-refractivity contribution in [1.29, 1.82) is 0 Å². The molecule has 0 aliphatic carbocycles. The highest BCUT2D eigenvalue weighted by Crippen LogP contribution is 2.34. The summed E-state index contributed by atoms with van der Waals surface area (Å²) in [6.07, 6.45) is -0.415. The highest BCUT2D eigenvalue weighted by molar-refractivity contribution is 5.65. The molecule has 0 unspecified atom stereocenters. The quantitative estimate of drug-likeness (QED) is 0.511. The van der Waals surface area contributed by atoms with Crippen LogP contribution in [0.1, 0.15) is 26.3 Å². The van der Waals surface area contributed by atoms with E-state index in [1.54, 1.807) is 11.8 Å². The molecule has 0 amide bonds. The maximum absolute atomic E-state index is 10.1. The minimum absolute atomic E-state index is 0.415. The summed E-state index contributed by atoms with van der Waals surface area (Å²) in [5.74, 6) is 2.67. The van der Waals surface area contributed by atoms with Gasteiger partial charge in [0.15, 0.2) is 0 Å². The fourth-order valence-electron chi connectivity index (χ4n) is 3.72. The monoisotopic (exact) mass is 423 g/mol. The van der Waals surface area contributed by atoms with Gasteiger partial charge in [-0.25, -0.2) is 4.68 Å². The average Bonchev–Trinajstić information content (AvgIpc) is 3.03. The average molecular weight is 424 g/mol. The molecule has 3 aromatic rings. The van der Waals surface area contributed by atoms with Gasteiger partial charge in [0, 0.05) is 32.2 Å². The second-order valence-electron chi connectivity index (χ2n) is 8.34. The van der Waals surface area contributed by atoms with Gasteiger partial charge in [0.25, 0.3) is 0 Å². The summed E-state index contributed by atoms with van der Waals surface area (Å²) >= 11 is 0. The van der Waals surface area contributed by atoms with Crippen molar-refractivity contribution in [2.24, 2.45) is 13.0 Å². The van der Waals surface area contributed by atoms with Crippen LogP contribution in [-0.4, -0.2) is 46.1 Å². The van der Waals surface area contributed by atoms with E-state index in [1.165, 1.54) is 0 Å². The van der Waals surface area contributed by atoms with Crippen molar-refractivity contribution >= 4 is 0 Å². The number of hydrogen-bond donors (Lipinski definition) is 1. The highest BCUT2D eigenvalue weighted by Gasteiger charge is 2.23. The second-order valence-corrected chi connectivity index (χ2v) is 8.34. The molecule has 0 radical (unpaired) electrons. The van der Waals surface area contributed by atoms with Crippen LogP contribution in [0, 0.1) is 5.92 Å². The number of rotatable bonds is 10. The Morgan fingerprint density at radius 2 is 1.61 bits per heavy atom. The molecule has 1 aromatic heterocycles. The van der Waals surface area contributed by atoms with Crippen molar-refractivity contribution in [3.05, 3.63) is 60.2 Å². The summed E-state index contributed by atoms with van der Waals surface area (Å²) in [5.41, 5.74) is 2.94. The number of ether oxygens (including phenoxy) is 2. The minimum Gasteiger partial charge on any atom is -0.497 e. The molecule has 0 aliphatic rings. The van der Waals surface area contributed by atoms with Gasteiger partial charge in [-0.05, 0) is 37.1 Å². The second kappa shape index (κ2) is 10.5. The van der Waals surface area contributed by atoms with Crippen molar-refractivity contribution in [3.8, 4) is 28.6 Å². The number of aliphatic hydroxyl groups excluding tert-OH is 1. The molecular weight excluding hydrogens is 390 g/mol. The molecule has 0 spiro atoms. The van der Waals surface area contributed by atoms with E-state index in [0.717, 1.165) is 34.9 Å². The predicted octanol–water partition coefficient (Wildman–Crippen LogP) is 4.73. The van der Waals surface area contributed by atoms with Gasteiger partial charge in [-0.2, -0.15) is 5.10 Å². The van der Waals surface area contributed by atoms with Crippen LogP contribution in [0.3, 0.4) is 0 Å². The van der Waals surface area contributed by atoms with Gasteiger partial charge in [-0.3, -0.25) is 4.90 Å². The van der Waals surface area contributed by atoms with Crippen LogP contribution in [0.15, 0.2) is 54.6 Å². The normalized spacial score (nSPS) is 12.4. The van der Waals surface area contributed by atoms with E-state index in [1.807, 2.05) is 56.4 Å². The van der Waals surface area contributed by atoms with Crippen LogP contribution in [0.2, 0.25) is 0 Å². The molecule has 6 heteroatoms. The molecule has 1 atom stereocenters. The molecule has 31 heavy (non-hydrogen) atoms. The van der Waals surface area contributed by atoms with Crippen molar-refractivity contribution < 1.29 is 14.6 Å². The van der Waals surface area contributed by atoms with Crippen LogP contribution in [-0.2, 0) is 13.6 Å².